The highest BCUT2D eigenvalue weighted by Crippen LogP contribution is 2.39. The van der Waals surface area contributed by atoms with E-state index in [1.165, 1.54) is 5.56 Å². The third kappa shape index (κ3) is 5.44. The van der Waals surface area contributed by atoms with E-state index >= 15 is 0 Å². The SMILES string of the molecule is Cc1cccc(COc2ccc(C(O)=C3C(=O)C(=O)N(CCN(C)C)[C@H]3c3ccccc3)cc2)c1. The van der Waals surface area contributed by atoms with Crippen LogP contribution in [0.1, 0.15) is 28.3 Å². The zero-order valence-electron chi connectivity index (χ0n) is 20.3. The van der Waals surface area contributed by atoms with Gasteiger partial charge in [-0.1, -0.05) is 60.2 Å². The van der Waals surface area contributed by atoms with Gasteiger partial charge in [0.05, 0.1) is 11.6 Å². The maximum atomic E-state index is 13.1. The van der Waals surface area contributed by atoms with Crippen LogP contribution in [-0.4, -0.2) is 53.8 Å². The van der Waals surface area contributed by atoms with Crippen LogP contribution in [0.5, 0.6) is 5.75 Å². The van der Waals surface area contributed by atoms with Gasteiger partial charge in [0.15, 0.2) is 0 Å². The molecular weight excluding hydrogens is 440 g/mol. The van der Waals surface area contributed by atoms with Gasteiger partial charge in [0, 0.05) is 18.7 Å². The van der Waals surface area contributed by atoms with Gasteiger partial charge < -0.3 is 19.6 Å². The van der Waals surface area contributed by atoms with Gasteiger partial charge in [0.25, 0.3) is 11.7 Å². The molecule has 1 N–H and O–H groups in total. The minimum atomic E-state index is -0.671. The van der Waals surface area contributed by atoms with Crippen molar-refractivity contribution in [3.05, 3.63) is 107 Å². The third-order valence-electron chi connectivity index (χ3n) is 6.06. The predicted molar refractivity (Wildman–Crippen MR) is 136 cm³/mol. The maximum Gasteiger partial charge on any atom is 0.295 e. The topological polar surface area (TPSA) is 70.1 Å². The molecule has 180 valence electrons. The van der Waals surface area contributed by atoms with E-state index in [-0.39, 0.29) is 11.3 Å². The number of likely N-dealkylation sites (N-methyl/N-ethyl adjacent to an activating group) is 1. The number of nitrogens with zero attached hydrogens (tertiary/aromatic N) is 2. The Labute approximate surface area is 206 Å². The zero-order chi connectivity index (χ0) is 24.9. The second-order valence-corrected chi connectivity index (χ2v) is 9.01. The molecule has 4 rings (SSSR count). The van der Waals surface area contributed by atoms with Gasteiger partial charge >= 0.3 is 0 Å². The van der Waals surface area contributed by atoms with Crippen LogP contribution in [0.2, 0.25) is 0 Å². The fourth-order valence-electron chi connectivity index (χ4n) is 4.23. The fraction of sp³-hybridized carbons (Fsp3) is 0.241. The fourth-order valence-corrected chi connectivity index (χ4v) is 4.23. The lowest BCUT2D eigenvalue weighted by atomic mass is 9.95. The van der Waals surface area contributed by atoms with Crippen molar-refractivity contribution in [2.75, 3.05) is 27.2 Å². The molecule has 0 saturated carbocycles. The van der Waals surface area contributed by atoms with Crippen LogP contribution in [0.15, 0.2) is 84.4 Å². The summed E-state index contributed by atoms with van der Waals surface area (Å²) in [6, 6.07) is 23.7. The monoisotopic (exact) mass is 470 g/mol. The van der Waals surface area contributed by atoms with E-state index in [0.717, 1.165) is 11.1 Å². The van der Waals surface area contributed by atoms with Gasteiger partial charge in [-0.3, -0.25) is 9.59 Å². The molecule has 0 aliphatic carbocycles. The number of carbonyl (C=O) groups excluding carboxylic acids is 2. The van der Waals surface area contributed by atoms with Gasteiger partial charge in [-0.2, -0.15) is 0 Å². The number of rotatable bonds is 8. The van der Waals surface area contributed by atoms with Crippen molar-refractivity contribution in [3.8, 4) is 5.75 Å². The molecule has 0 bridgehead atoms. The summed E-state index contributed by atoms with van der Waals surface area (Å²) in [7, 11) is 3.83. The van der Waals surface area contributed by atoms with Gasteiger partial charge in [0.2, 0.25) is 0 Å². The summed E-state index contributed by atoms with van der Waals surface area (Å²) >= 11 is 0. The van der Waals surface area contributed by atoms with Crippen LogP contribution < -0.4 is 4.74 Å². The van der Waals surface area contributed by atoms with Gasteiger partial charge in [0.1, 0.15) is 18.1 Å². The number of ether oxygens (including phenoxy) is 1. The standard InChI is InChI=1S/C29H30N2O4/c1-20-8-7-9-21(18-20)19-35-24-14-12-23(13-15-24)27(32)25-26(22-10-5-4-6-11-22)31(17-16-30(2)3)29(34)28(25)33/h4-15,18,26,32H,16-17,19H2,1-3H3/t26-/m0/s1. The summed E-state index contributed by atoms with van der Waals surface area (Å²) in [6.07, 6.45) is 0. The Bertz CT molecular complexity index is 1230. The van der Waals surface area contributed by atoms with Crippen LogP contribution in [0.4, 0.5) is 0 Å². The highest BCUT2D eigenvalue weighted by molar-refractivity contribution is 6.46. The summed E-state index contributed by atoms with van der Waals surface area (Å²) in [6.45, 7) is 3.44. The molecular formula is C29H30N2O4. The van der Waals surface area contributed by atoms with E-state index in [4.69, 9.17) is 4.74 Å². The van der Waals surface area contributed by atoms with Crippen LogP contribution in [0.25, 0.3) is 5.76 Å². The highest BCUT2D eigenvalue weighted by Gasteiger charge is 2.45. The largest absolute Gasteiger partial charge is 0.507 e. The number of aliphatic hydroxyl groups excluding tert-OH is 1. The van der Waals surface area contributed by atoms with Crippen LogP contribution >= 0.6 is 0 Å². The van der Waals surface area contributed by atoms with Crippen molar-refractivity contribution in [1.82, 2.24) is 9.80 Å². The zero-order valence-corrected chi connectivity index (χ0v) is 20.3. The molecule has 1 heterocycles. The van der Waals surface area contributed by atoms with Crippen molar-refractivity contribution < 1.29 is 19.4 Å². The normalized spacial score (nSPS) is 17.3. The number of likely N-dealkylation sites (tertiary alicyclic amines) is 1. The molecule has 0 spiro atoms. The molecule has 3 aromatic carbocycles. The minimum absolute atomic E-state index is 0.105. The highest BCUT2D eigenvalue weighted by atomic mass is 16.5. The van der Waals surface area contributed by atoms with Crippen molar-refractivity contribution in [2.24, 2.45) is 0 Å². The van der Waals surface area contributed by atoms with Crippen LogP contribution in [-0.2, 0) is 16.2 Å². The Morgan fingerprint density at radius 2 is 1.69 bits per heavy atom. The summed E-state index contributed by atoms with van der Waals surface area (Å²) in [5, 5.41) is 11.2. The molecule has 6 nitrogen and oxygen atoms in total. The molecule has 6 heteroatoms. The van der Waals surface area contributed by atoms with Crippen molar-refractivity contribution >= 4 is 17.4 Å². The number of ketones is 1. The quantitative estimate of drug-likeness (QED) is 0.297. The third-order valence-corrected chi connectivity index (χ3v) is 6.06. The smallest absolute Gasteiger partial charge is 0.295 e. The Balaban J connectivity index is 1.62. The summed E-state index contributed by atoms with van der Waals surface area (Å²) in [5.41, 5.74) is 3.58. The van der Waals surface area contributed by atoms with Crippen LogP contribution in [0.3, 0.4) is 0 Å². The maximum absolute atomic E-state index is 13.1. The summed E-state index contributed by atoms with van der Waals surface area (Å²) in [4.78, 5) is 29.5. The van der Waals surface area contributed by atoms with Crippen molar-refractivity contribution in [3.63, 3.8) is 0 Å². The molecule has 0 aromatic heterocycles. The Morgan fingerprint density at radius 3 is 2.34 bits per heavy atom. The lowest BCUT2D eigenvalue weighted by Gasteiger charge is -2.26. The molecule has 0 radical (unpaired) electrons. The van der Waals surface area contributed by atoms with E-state index in [1.807, 2.05) is 74.4 Å². The molecule has 1 saturated heterocycles. The first kappa shape index (κ1) is 24.2. The molecule has 35 heavy (non-hydrogen) atoms. The predicted octanol–water partition coefficient (Wildman–Crippen LogP) is 4.56. The number of aryl methyl sites for hydroxylation is 1. The van der Waals surface area contributed by atoms with E-state index in [9.17, 15) is 14.7 Å². The van der Waals surface area contributed by atoms with E-state index in [0.29, 0.717) is 31.0 Å². The Kier molecular flexibility index (Phi) is 7.32. The summed E-state index contributed by atoms with van der Waals surface area (Å²) in [5.74, 6) is -0.806. The number of benzene rings is 3. The average Bonchev–Trinajstić information content (AvgIpc) is 3.11. The first-order valence-corrected chi connectivity index (χ1v) is 11.6. The first-order valence-electron chi connectivity index (χ1n) is 11.6. The van der Waals surface area contributed by atoms with Crippen LogP contribution in [0, 0.1) is 6.92 Å². The number of amides is 1. The number of carbonyl (C=O) groups is 2. The average molecular weight is 471 g/mol. The van der Waals surface area contributed by atoms with Gasteiger partial charge in [-0.15, -0.1) is 0 Å². The van der Waals surface area contributed by atoms with E-state index in [2.05, 4.69) is 6.07 Å². The van der Waals surface area contributed by atoms with Crippen molar-refractivity contribution in [1.29, 1.82) is 0 Å². The van der Waals surface area contributed by atoms with Crippen molar-refractivity contribution in [2.45, 2.75) is 19.6 Å². The molecule has 1 aliphatic rings. The number of hydrogen-bond donors (Lipinski definition) is 1. The molecule has 3 aromatic rings. The van der Waals surface area contributed by atoms with Gasteiger partial charge in [-0.25, -0.2) is 0 Å². The van der Waals surface area contributed by atoms with Gasteiger partial charge in [-0.05, 0) is 56.4 Å². The lowest BCUT2D eigenvalue weighted by molar-refractivity contribution is -0.140. The van der Waals surface area contributed by atoms with E-state index in [1.54, 1.807) is 29.2 Å². The molecule has 1 atom stereocenters. The second kappa shape index (κ2) is 10.6. The number of Topliss-reactive ketones (excluding diaryl/α,β-unsaturated/α-hetero) is 1. The van der Waals surface area contributed by atoms with E-state index < -0.39 is 17.7 Å². The molecule has 0 unspecified atom stereocenters. The second-order valence-electron chi connectivity index (χ2n) is 9.01. The summed E-state index contributed by atoms with van der Waals surface area (Å²) < 4.78 is 5.88. The lowest BCUT2D eigenvalue weighted by Crippen LogP contribution is -2.35. The molecule has 1 fully saturated rings. The molecule has 1 amide bonds. The Morgan fingerprint density at radius 1 is 0.971 bits per heavy atom. The Hall–Kier alpha value is -3.90. The molecule has 1 aliphatic heterocycles. The first-order chi connectivity index (χ1) is 16.8. The number of aliphatic hydroxyl groups is 1. The number of hydrogen-bond acceptors (Lipinski definition) is 5. The minimum Gasteiger partial charge on any atom is -0.507 e.